The van der Waals surface area contributed by atoms with E-state index in [2.05, 4.69) is 0 Å². The molecule has 0 aromatic heterocycles. The molecule has 1 aromatic rings. The van der Waals surface area contributed by atoms with Gasteiger partial charge in [-0.05, 0) is 49.7 Å². The molecule has 0 amide bonds. The highest BCUT2D eigenvalue weighted by molar-refractivity contribution is 5.50. The van der Waals surface area contributed by atoms with Gasteiger partial charge in [-0.15, -0.1) is 0 Å². The molecule has 3 nitrogen and oxygen atoms in total. The van der Waals surface area contributed by atoms with Crippen LogP contribution in [0.25, 0.3) is 0 Å². The van der Waals surface area contributed by atoms with E-state index in [1.807, 2.05) is 11.0 Å². The Morgan fingerprint density at radius 1 is 1.30 bits per heavy atom. The molecule has 0 bridgehead atoms. The molecular formula is C14H19F3N2O. The number of hydrogen-bond donors (Lipinski definition) is 1. The van der Waals surface area contributed by atoms with Crippen molar-refractivity contribution in [2.45, 2.75) is 25.6 Å². The lowest BCUT2D eigenvalue weighted by Gasteiger charge is -2.33. The summed E-state index contributed by atoms with van der Waals surface area (Å²) in [4.78, 5) is 2.01. The fourth-order valence-electron chi connectivity index (χ4n) is 2.51. The number of rotatable bonds is 3. The van der Waals surface area contributed by atoms with Crippen molar-refractivity contribution in [2.75, 3.05) is 25.9 Å². The highest BCUT2D eigenvalue weighted by Crippen LogP contribution is 2.34. The van der Waals surface area contributed by atoms with Crippen molar-refractivity contribution in [1.82, 2.24) is 4.90 Å². The van der Waals surface area contributed by atoms with Gasteiger partial charge in [0.15, 0.2) is 0 Å². The van der Waals surface area contributed by atoms with Crippen LogP contribution in [0.2, 0.25) is 0 Å². The van der Waals surface area contributed by atoms with Crippen LogP contribution in [0.5, 0.6) is 5.75 Å². The van der Waals surface area contributed by atoms with Crippen LogP contribution in [0.4, 0.5) is 18.9 Å². The minimum absolute atomic E-state index is 0.160. The molecule has 0 atom stereocenters. The third-order valence-electron chi connectivity index (χ3n) is 3.79. The number of methoxy groups -OCH3 is 1. The highest BCUT2D eigenvalue weighted by Gasteiger charge is 2.40. The van der Waals surface area contributed by atoms with Crippen LogP contribution in [-0.2, 0) is 6.54 Å². The largest absolute Gasteiger partial charge is 0.497 e. The van der Waals surface area contributed by atoms with E-state index in [0.29, 0.717) is 31.1 Å². The van der Waals surface area contributed by atoms with Crippen molar-refractivity contribution >= 4 is 5.69 Å². The number of nitrogens with two attached hydrogens (primary N) is 1. The lowest BCUT2D eigenvalue weighted by Crippen LogP contribution is -2.38. The van der Waals surface area contributed by atoms with Crippen LogP contribution in [0, 0.1) is 5.92 Å². The van der Waals surface area contributed by atoms with Gasteiger partial charge in [0.05, 0.1) is 13.0 Å². The molecular weight excluding hydrogens is 269 g/mol. The summed E-state index contributed by atoms with van der Waals surface area (Å²) in [6.07, 6.45) is -3.75. The monoisotopic (exact) mass is 288 g/mol. The number of piperidine rings is 1. The van der Waals surface area contributed by atoms with E-state index in [1.54, 1.807) is 19.2 Å². The first kappa shape index (κ1) is 15.0. The van der Waals surface area contributed by atoms with Crippen molar-refractivity contribution in [2.24, 2.45) is 5.92 Å². The second-order valence-electron chi connectivity index (χ2n) is 5.16. The van der Waals surface area contributed by atoms with E-state index in [4.69, 9.17) is 10.5 Å². The van der Waals surface area contributed by atoms with Gasteiger partial charge in [-0.2, -0.15) is 13.2 Å². The molecule has 1 heterocycles. The molecule has 1 saturated heterocycles. The molecule has 1 fully saturated rings. The Bertz CT molecular complexity index is 454. The van der Waals surface area contributed by atoms with Gasteiger partial charge in [0.1, 0.15) is 5.75 Å². The molecule has 2 N–H and O–H groups in total. The van der Waals surface area contributed by atoms with E-state index >= 15 is 0 Å². The van der Waals surface area contributed by atoms with Crippen molar-refractivity contribution in [3.63, 3.8) is 0 Å². The minimum atomic E-state index is -4.07. The number of anilines is 1. The van der Waals surface area contributed by atoms with Crippen LogP contribution in [0.3, 0.4) is 0 Å². The Balaban J connectivity index is 1.96. The number of halogens is 3. The second kappa shape index (κ2) is 5.91. The topological polar surface area (TPSA) is 38.5 Å². The Labute approximate surface area is 116 Å². The Morgan fingerprint density at radius 3 is 2.50 bits per heavy atom. The Kier molecular flexibility index (Phi) is 4.42. The predicted molar refractivity (Wildman–Crippen MR) is 71.5 cm³/mol. The normalized spacial score (nSPS) is 18.2. The summed E-state index contributed by atoms with van der Waals surface area (Å²) in [7, 11) is 1.57. The Morgan fingerprint density at radius 2 is 1.95 bits per heavy atom. The SMILES string of the molecule is COc1ccc(N)c(CN2CCC(C(F)(F)F)CC2)c1. The quantitative estimate of drug-likeness (QED) is 0.869. The second-order valence-corrected chi connectivity index (χ2v) is 5.16. The lowest BCUT2D eigenvalue weighted by atomic mass is 9.96. The zero-order valence-corrected chi connectivity index (χ0v) is 11.4. The average molecular weight is 288 g/mol. The van der Waals surface area contributed by atoms with Crippen LogP contribution in [0.1, 0.15) is 18.4 Å². The van der Waals surface area contributed by atoms with Crippen LogP contribution in [0.15, 0.2) is 18.2 Å². The fourth-order valence-corrected chi connectivity index (χ4v) is 2.51. The maximum atomic E-state index is 12.6. The van der Waals surface area contributed by atoms with Crippen LogP contribution < -0.4 is 10.5 Å². The van der Waals surface area contributed by atoms with Gasteiger partial charge < -0.3 is 10.5 Å². The molecule has 2 rings (SSSR count). The highest BCUT2D eigenvalue weighted by atomic mass is 19.4. The zero-order valence-electron chi connectivity index (χ0n) is 11.4. The number of alkyl halides is 3. The molecule has 1 aliphatic rings. The molecule has 112 valence electrons. The third kappa shape index (κ3) is 3.56. The van der Waals surface area contributed by atoms with Gasteiger partial charge in [0.2, 0.25) is 0 Å². The molecule has 1 aromatic carbocycles. The molecule has 1 aliphatic heterocycles. The summed E-state index contributed by atoms with van der Waals surface area (Å²) < 4.78 is 42.9. The molecule has 20 heavy (non-hydrogen) atoms. The van der Waals surface area contributed by atoms with E-state index in [0.717, 1.165) is 5.56 Å². The smallest absolute Gasteiger partial charge is 0.391 e. The first-order valence-electron chi connectivity index (χ1n) is 6.61. The number of nitrogens with zero attached hydrogens (tertiary/aromatic N) is 1. The maximum absolute atomic E-state index is 12.6. The fraction of sp³-hybridized carbons (Fsp3) is 0.571. The molecule has 6 heteroatoms. The van der Waals surface area contributed by atoms with E-state index < -0.39 is 12.1 Å². The third-order valence-corrected chi connectivity index (χ3v) is 3.79. The number of likely N-dealkylation sites (tertiary alicyclic amines) is 1. The summed E-state index contributed by atoms with van der Waals surface area (Å²) in [5, 5.41) is 0. The van der Waals surface area contributed by atoms with Crippen molar-refractivity contribution in [3.05, 3.63) is 23.8 Å². The van der Waals surface area contributed by atoms with E-state index in [1.165, 1.54) is 0 Å². The Hall–Kier alpha value is -1.43. The number of nitrogen functional groups attached to an aromatic ring is 1. The predicted octanol–water partition coefficient (Wildman–Crippen LogP) is 3.05. The zero-order chi connectivity index (χ0) is 14.8. The first-order chi connectivity index (χ1) is 9.40. The van der Waals surface area contributed by atoms with Gasteiger partial charge in [0, 0.05) is 12.2 Å². The molecule has 0 saturated carbocycles. The maximum Gasteiger partial charge on any atom is 0.391 e. The van der Waals surface area contributed by atoms with E-state index in [-0.39, 0.29) is 12.8 Å². The van der Waals surface area contributed by atoms with Crippen molar-refractivity contribution in [1.29, 1.82) is 0 Å². The number of ether oxygens (including phenoxy) is 1. The first-order valence-corrected chi connectivity index (χ1v) is 6.61. The van der Waals surface area contributed by atoms with E-state index in [9.17, 15) is 13.2 Å². The molecule has 0 unspecified atom stereocenters. The molecule has 0 aliphatic carbocycles. The number of hydrogen-bond acceptors (Lipinski definition) is 3. The lowest BCUT2D eigenvalue weighted by molar-refractivity contribution is -0.185. The van der Waals surface area contributed by atoms with Gasteiger partial charge in [0.25, 0.3) is 0 Å². The summed E-state index contributed by atoms with van der Waals surface area (Å²) >= 11 is 0. The average Bonchev–Trinajstić information content (AvgIpc) is 2.41. The standard InChI is InChI=1S/C14H19F3N2O/c1-20-12-2-3-13(18)10(8-12)9-19-6-4-11(5-7-19)14(15,16)17/h2-3,8,11H,4-7,9,18H2,1H3. The number of benzene rings is 1. The van der Waals surface area contributed by atoms with Crippen molar-refractivity contribution < 1.29 is 17.9 Å². The van der Waals surface area contributed by atoms with Gasteiger partial charge >= 0.3 is 6.18 Å². The summed E-state index contributed by atoms with van der Waals surface area (Å²) in [6.45, 7) is 1.45. The minimum Gasteiger partial charge on any atom is -0.497 e. The summed E-state index contributed by atoms with van der Waals surface area (Å²) in [5.41, 5.74) is 7.44. The van der Waals surface area contributed by atoms with Gasteiger partial charge in [-0.1, -0.05) is 0 Å². The van der Waals surface area contributed by atoms with Crippen LogP contribution in [-0.4, -0.2) is 31.3 Å². The summed E-state index contributed by atoms with van der Waals surface area (Å²) in [6, 6.07) is 5.37. The molecule has 0 radical (unpaired) electrons. The van der Waals surface area contributed by atoms with Gasteiger partial charge in [-0.3, -0.25) is 4.90 Å². The summed E-state index contributed by atoms with van der Waals surface area (Å²) in [5.74, 6) is -0.458. The van der Waals surface area contributed by atoms with Crippen molar-refractivity contribution in [3.8, 4) is 5.75 Å². The molecule has 0 spiro atoms. The van der Waals surface area contributed by atoms with Crippen LogP contribution >= 0.6 is 0 Å². The van der Waals surface area contributed by atoms with Gasteiger partial charge in [-0.25, -0.2) is 0 Å².